The second-order valence-electron chi connectivity index (χ2n) is 3.42. The molecule has 15 heavy (non-hydrogen) atoms. The molecule has 2 rings (SSSR count). The molecule has 1 aromatic rings. The van der Waals surface area contributed by atoms with Crippen molar-refractivity contribution in [2.45, 2.75) is 18.8 Å². The van der Waals surface area contributed by atoms with Gasteiger partial charge < -0.3 is 4.74 Å². The van der Waals surface area contributed by atoms with Crippen LogP contribution in [0.25, 0.3) is 0 Å². The van der Waals surface area contributed by atoms with Gasteiger partial charge in [0.15, 0.2) is 0 Å². The fourth-order valence-electron chi connectivity index (χ4n) is 1.42. The summed E-state index contributed by atoms with van der Waals surface area (Å²) >= 11 is 3.19. The Morgan fingerprint density at radius 3 is 2.80 bits per heavy atom. The van der Waals surface area contributed by atoms with E-state index in [4.69, 9.17) is 4.74 Å². The molecule has 6 heteroatoms. The predicted octanol–water partition coefficient (Wildman–Crippen LogP) is 2.64. The van der Waals surface area contributed by atoms with E-state index < -0.39 is 4.92 Å². The van der Waals surface area contributed by atoms with E-state index in [1.54, 1.807) is 0 Å². The molecular formula is C9H9BrN2O3. The van der Waals surface area contributed by atoms with Crippen molar-refractivity contribution in [1.29, 1.82) is 0 Å². The van der Waals surface area contributed by atoms with Crippen LogP contribution in [-0.2, 0) is 0 Å². The topological polar surface area (TPSA) is 65.3 Å². The molecule has 0 spiro atoms. The van der Waals surface area contributed by atoms with E-state index in [1.807, 2.05) is 0 Å². The summed E-state index contributed by atoms with van der Waals surface area (Å²) in [5.74, 6) is 0.634. The molecule has 1 saturated carbocycles. The van der Waals surface area contributed by atoms with Crippen molar-refractivity contribution in [3.05, 3.63) is 26.3 Å². The Hall–Kier alpha value is -1.17. The van der Waals surface area contributed by atoms with Gasteiger partial charge in [-0.3, -0.25) is 10.1 Å². The van der Waals surface area contributed by atoms with E-state index in [0.717, 1.165) is 12.8 Å². The van der Waals surface area contributed by atoms with Crippen LogP contribution in [0.3, 0.4) is 0 Å². The van der Waals surface area contributed by atoms with Gasteiger partial charge in [-0.1, -0.05) is 0 Å². The highest BCUT2D eigenvalue weighted by Gasteiger charge is 2.33. The van der Waals surface area contributed by atoms with Crippen molar-refractivity contribution < 1.29 is 9.66 Å². The number of halogens is 1. The van der Waals surface area contributed by atoms with Crippen LogP contribution in [0.15, 0.2) is 10.5 Å². The lowest BCUT2D eigenvalue weighted by molar-refractivity contribution is -0.386. The number of hydrogen-bond donors (Lipinski definition) is 0. The molecule has 0 atom stereocenters. The summed E-state index contributed by atoms with van der Waals surface area (Å²) in [6.07, 6.45) is 1.94. The molecule has 1 fully saturated rings. The molecule has 0 radical (unpaired) electrons. The first-order chi connectivity index (χ1) is 7.13. The summed E-state index contributed by atoms with van der Waals surface area (Å²) in [5.41, 5.74) is 0.616. The number of rotatable bonds is 3. The molecule has 1 heterocycles. The molecule has 0 unspecified atom stereocenters. The zero-order chi connectivity index (χ0) is 11.0. The largest absolute Gasteiger partial charge is 0.480 e. The average molecular weight is 273 g/mol. The monoisotopic (exact) mass is 272 g/mol. The number of methoxy groups -OCH3 is 1. The highest BCUT2D eigenvalue weighted by Crippen LogP contribution is 2.45. The molecule has 0 aromatic carbocycles. The van der Waals surface area contributed by atoms with Gasteiger partial charge in [0.05, 0.1) is 16.5 Å². The quantitative estimate of drug-likeness (QED) is 0.627. The number of pyridine rings is 1. The maximum atomic E-state index is 10.8. The third kappa shape index (κ3) is 1.94. The van der Waals surface area contributed by atoms with Gasteiger partial charge in [0, 0.05) is 12.0 Å². The fraction of sp³-hybridized carbons (Fsp3) is 0.444. The third-order valence-electron chi connectivity index (χ3n) is 2.31. The Bertz CT molecular complexity index is 418. The van der Waals surface area contributed by atoms with Gasteiger partial charge in [-0.2, -0.15) is 0 Å². The Balaban J connectivity index is 2.52. The Kier molecular flexibility index (Phi) is 2.60. The fourth-order valence-corrected chi connectivity index (χ4v) is 1.89. The van der Waals surface area contributed by atoms with E-state index in [1.165, 1.54) is 13.2 Å². The molecular weight excluding hydrogens is 264 g/mol. The lowest BCUT2D eigenvalue weighted by atomic mass is 10.2. The lowest BCUT2D eigenvalue weighted by Gasteiger charge is -2.05. The van der Waals surface area contributed by atoms with Gasteiger partial charge in [-0.15, -0.1) is 0 Å². The molecule has 0 saturated heterocycles. The maximum absolute atomic E-state index is 10.8. The van der Waals surface area contributed by atoms with E-state index >= 15 is 0 Å². The minimum absolute atomic E-state index is 0.0742. The average Bonchev–Trinajstić information content (AvgIpc) is 3.00. The van der Waals surface area contributed by atoms with Crippen molar-refractivity contribution >= 4 is 21.6 Å². The number of nitrogens with zero attached hydrogens (tertiary/aromatic N) is 2. The van der Waals surface area contributed by atoms with Crippen molar-refractivity contribution in [2.24, 2.45) is 0 Å². The van der Waals surface area contributed by atoms with Crippen molar-refractivity contribution in [3.63, 3.8) is 0 Å². The number of ether oxygens (including phenoxy) is 1. The highest BCUT2D eigenvalue weighted by atomic mass is 79.9. The van der Waals surface area contributed by atoms with E-state index in [2.05, 4.69) is 20.9 Å². The van der Waals surface area contributed by atoms with Crippen LogP contribution in [0, 0.1) is 10.1 Å². The Morgan fingerprint density at radius 2 is 2.33 bits per heavy atom. The van der Waals surface area contributed by atoms with Gasteiger partial charge >= 0.3 is 0 Å². The summed E-state index contributed by atoms with van der Waals surface area (Å²) < 4.78 is 5.53. The first kappa shape index (κ1) is 10.4. The zero-order valence-electron chi connectivity index (χ0n) is 8.07. The van der Waals surface area contributed by atoms with Crippen LogP contribution >= 0.6 is 15.9 Å². The van der Waals surface area contributed by atoms with Crippen molar-refractivity contribution in [2.75, 3.05) is 7.11 Å². The van der Waals surface area contributed by atoms with Crippen LogP contribution in [0.1, 0.15) is 24.5 Å². The van der Waals surface area contributed by atoms with Gasteiger partial charge in [-0.25, -0.2) is 4.98 Å². The van der Waals surface area contributed by atoms with Gasteiger partial charge in [0.2, 0.25) is 5.88 Å². The molecule has 0 amide bonds. The van der Waals surface area contributed by atoms with Gasteiger partial charge in [0.1, 0.15) is 5.69 Å². The second-order valence-corrected chi connectivity index (χ2v) is 4.27. The van der Waals surface area contributed by atoms with Gasteiger partial charge in [-0.05, 0) is 28.8 Å². The smallest absolute Gasteiger partial charge is 0.292 e. The maximum Gasteiger partial charge on any atom is 0.292 e. The Morgan fingerprint density at radius 1 is 1.67 bits per heavy atom. The first-order valence-electron chi connectivity index (χ1n) is 4.52. The molecule has 1 aromatic heterocycles. The summed E-state index contributed by atoms with van der Waals surface area (Å²) in [4.78, 5) is 14.6. The lowest BCUT2D eigenvalue weighted by Crippen LogP contribution is -2.00. The molecule has 0 aliphatic heterocycles. The van der Waals surface area contributed by atoms with Crippen LogP contribution in [0.2, 0.25) is 0 Å². The summed E-state index contributed by atoms with van der Waals surface area (Å²) in [5, 5.41) is 10.8. The number of aromatic nitrogens is 1. The van der Waals surface area contributed by atoms with Crippen LogP contribution in [0.4, 0.5) is 5.69 Å². The minimum atomic E-state index is -0.398. The summed E-state index contributed by atoms with van der Waals surface area (Å²) in [6, 6.07) is 1.46. The molecule has 0 N–H and O–H groups in total. The molecule has 1 aliphatic rings. The van der Waals surface area contributed by atoms with E-state index in [9.17, 15) is 10.1 Å². The molecule has 1 aliphatic carbocycles. The van der Waals surface area contributed by atoms with Crippen molar-refractivity contribution in [1.82, 2.24) is 4.98 Å². The Labute approximate surface area is 94.7 Å². The van der Waals surface area contributed by atoms with E-state index in [0.29, 0.717) is 16.0 Å². The SMILES string of the molecule is COc1nc(C2CC2)c([N+](=O)[O-])cc1Br. The molecule has 80 valence electrons. The number of nitro groups is 1. The van der Waals surface area contributed by atoms with Crippen LogP contribution in [0.5, 0.6) is 5.88 Å². The summed E-state index contributed by atoms with van der Waals surface area (Å²) in [6.45, 7) is 0. The van der Waals surface area contributed by atoms with E-state index in [-0.39, 0.29) is 11.6 Å². The first-order valence-corrected chi connectivity index (χ1v) is 5.31. The zero-order valence-corrected chi connectivity index (χ0v) is 9.65. The predicted molar refractivity (Wildman–Crippen MR) is 57.1 cm³/mol. The van der Waals surface area contributed by atoms with Crippen LogP contribution in [-0.4, -0.2) is 17.0 Å². The standard InChI is InChI=1S/C9H9BrN2O3/c1-15-9-6(10)4-7(12(13)14)8(11-9)5-2-3-5/h4-5H,2-3H2,1H3. The highest BCUT2D eigenvalue weighted by molar-refractivity contribution is 9.10. The number of hydrogen-bond acceptors (Lipinski definition) is 4. The van der Waals surface area contributed by atoms with Crippen LogP contribution < -0.4 is 4.74 Å². The second kappa shape index (κ2) is 3.77. The normalized spacial score (nSPS) is 15.1. The van der Waals surface area contributed by atoms with Gasteiger partial charge in [0.25, 0.3) is 5.69 Å². The molecule has 0 bridgehead atoms. The summed E-state index contributed by atoms with van der Waals surface area (Å²) in [7, 11) is 1.50. The minimum Gasteiger partial charge on any atom is -0.480 e. The molecule has 5 nitrogen and oxygen atoms in total. The van der Waals surface area contributed by atoms with Crippen molar-refractivity contribution in [3.8, 4) is 5.88 Å². The third-order valence-corrected chi connectivity index (χ3v) is 2.87.